The molecule has 0 amide bonds. The molecule has 19 heavy (non-hydrogen) atoms. The van der Waals surface area contributed by atoms with Crippen LogP contribution in [0.5, 0.6) is 0 Å². The summed E-state index contributed by atoms with van der Waals surface area (Å²) >= 11 is 1.88. The van der Waals surface area contributed by atoms with Crippen molar-refractivity contribution in [1.29, 1.82) is 0 Å². The fourth-order valence-corrected chi connectivity index (χ4v) is 2.95. The second-order valence-electron chi connectivity index (χ2n) is 4.97. The predicted octanol–water partition coefficient (Wildman–Crippen LogP) is 3.46. The zero-order chi connectivity index (χ0) is 13.5. The standard InChI is InChI=1S/C16H22N2S/c1-18(2)12-6-11-17-13-15-9-10-16(19-15)14-7-4-3-5-8-14/h3-5,7-10,17H,6,11-13H2,1-2H3. The van der Waals surface area contributed by atoms with Crippen LogP contribution < -0.4 is 5.32 Å². The van der Waals surface area contributed by atoms with Crippen LogP contribution in [-0.4, -0.2) is 32.1 Å². The summed E-state index contributed by atoms with van der Waals surface area (Å²) in [5, 5.41) is 3.51. The summed E-state index contributed by atoms with van der Waals surface area (Å²) in [4.78, 5) is 4.98. The second-order valence-corrected chi connectivity index (χ2v) is 6.13. The van der Waals surface area contributed by atoms with Crippen molar-refractivity contribution in [2.24, 2.45) is 0 Å². The third kappa shape index (κ3) is 4.78. The predicted molar refractivity (Wildman–Crippen MR) is 84.6 cm³/mol. The van der Waals surface area contributed by atoms with Crippen LogP contribution in [0.25, 0.3) is 10.4 Å². The molecule has 0 saturated carbocycles. The normalized spacial score (nSPS) is 11.1. The van der Waals surface area contributed by atoms with E-state index >= 15 is 0 Å². The topological polar surface area (TPSA) is 15.3 Å². The third-order valence-electron chi connectivity index (χ3n) is 2.98. The Labute approximate surface area is 120 Å². The summed E-state index contributed by atoms with van der Waals surface area (Å²) in [5.74, 6) is 0. The molecule has 0 spiro atoms. The second kappa shape index (κ2) is 7.43. The molecule has 2 aromatic rings. The van der Waals surface area contributed by atoms with Gasteiger partial charge in [-0.15, -0.1) is 11.3 Å². The van der Waals surface area contributed by atoms with Gasteiger partial charge in [0.25, 0.3) is 0 Å². The van der Waals surface area contributed by atoms with Gasteiger partial charge in [0.05, 0.1) is 0 Å². The van der Waals surface area contributed by atoms with E-state index in [9.17, 15) is 0 Å². The van der Waals surface area contributed by atoms with E-state index in [0.29, 0.717) is 0 Å². The highest BCUT2D eigenvalue weighted by Gasteiger charge is 2.02. The Morgan fingerprint density at radius 1 is 1.05 bits per heavy atom. The molecule has 3 heteroatoms. The van der Waals surface area contributed by atoms with Gasteiger partial charge in [0.2, 0.25) is 0 Å². The molecular weight excluding hydrogens is 252 g/mol. The van der Waals surface area contributed by atoms with Crippen LogP contribution in [0.2, 0.25) is 0 Å². The zero-order valence-corrected chi connectivity index (χ0v) is 12.5. The molecule has 0 aliphatic rings. The molecule has 1 aromatic heterocycles. The fraction of sp³-hybridized carbons (Fsp3) is 0.375. The number of benzene rings is 1. The van der Waals surface area contributed by atoms with E-state index < -0.39 is 0 Å². The van der Waals surface area contributed by atoms with Crippen LogP contribution >= 0.6 is 11.3 Å². The lowest BCUT2D eigenvalue weighted by atomic mass is 10.2. The first-order chi connectivity index (χ1) is 9.25. The van der Waals surface area contributed by atoms with Gasteiger partial charge in [0.1, 0.15) is 0 Å². The summed E-state index contributed by atoms with van der Waals surface area (Å²) in [6.07, 6.45) is 1.20. The minimum Gasteiger partial charge on any atom is -0.312 e. The van der Waals surface area contributed by atoms with E-state index in [1.165, 1.54) is 21.7 Å². The highest BCUT2D eigenvalue weighted by Crippen LogP contribution is 2.27. The lowest BCUT2D eigenvalue weighted by Crippen LogP contribution is -2.20. The number of nitrogens with zero attached hydrogens (tertiary/aromatic N) is 1. The lowest BCUT2D eigenvalue weighted by molar-refractivity contribution is 0.394. The molecule has 1 aromatic carbocycles. The summed E-state index contributed by atoms with van der Waals surface area (Å²) in [6.45, 7) is 3.20. The number of rotatable bonds is 7. The Morgan fingerprint density at radius 3 is 2.58 bits per heavy atom. The molecule has 102 valence electrons. The van der Waals surface area contributed by atoms with Crippen molar-refractivity contribution in [2.75, 3.05) is 27.2 Å². The van der Waals surface area contributed by atoms with Crippen molar-refractivity contribution < 1.29 is 0 Å². The quantitative estimate of drug-likeness (QED) is 0.778. The monoisotopic (exact) mass is 274 g/mol. The lowest BCUT2D eigenvalue weighted by Gasteiger charge is -2.09. The van der Waals surface area contributed by atoms with Crippen LogP contribution in [0, 0.1) is 0 Å². The largest absolute Gasteiger partial charge is 0.312 e. The molecule has 0 fully saturated rings. The smallest absolute Gasteiger partial charge is 0.0346 e. The molecular formula is C16H22N2S. The van der Waals surface area contributed by atoms with E-state index in [-0.39, 0.29) is 0 Å². The highest BCUT2D eigenvalue weighted by molar-refractivity contribution is 7.15. The van der Waals surface area contributed by atoms with Gasteiger partial charge in [-0.3, -0.25) is 0 Å². The number of nitrogens with one attached hydrogen (secondary N) is 1. The Balaban J connectivity index is 1.78. The summed E-state index contributed by atoms with van der Waals surface area (Å²) in [7, 11) is 4.23. The van der Waals surface area contributed by atoms with E-state index in [0.717, 1.165) is 19.6 Å². The summed E-state index contributed by atoms with van der Waals surface area (Å²) in [5.41, 5.74) is 1.31. The van der Waals surface area contributed by atoms with E-state index in [1.807, 2.05) is 11.3 Å². The number of hydrogen-bond acceptors (Lipinski definition) is 3. The molecule has 0 radical (unpaired) electrons. The first-order valence-corrected chi connectivity index (χ1v) is 7.57. The first-order valence-electron chi connectivity index (χ1n) is 6.75. The molecule has 0 bridgehead atoms. The molecule has 0 aliphatic heterocycles. The molecule has 1 N–H and O–H groups in total. The van der Waals surface area contributed by atoms with Crippen LogP contribution in [0.15, 0.2) is 42.5 Å². The minimum atomic E-state index is 0.977. The molecule has 1 heterocycles. The Hall–Kier alpha value is -1.16. The van der Waals surface area contributed by atoms with Crippen LogP contribution in [0.4, 0.5) is 0 Å². The van der Waals surface area contributed by atoms with Gasteiger partial charge >= 0.3 is 0 Å². The maximum atomic E-state index is 3.51. The van der Waals surface area contributed by atoms with Crippen LogP contribution in [0.3, 0.4) is 0 Å². The molecule has 2 rings (SSSR count). The van der Waals surface area contributed by atoms with Crippen molar-refractivity contribution in [1.82, 2.24) is 10.2 Å². The molecule has 0 aliphatic carbocycles. The zero-order valence-electron chi connectivity index (χ0n) is 11.7. The van der Waals surface area contributed by atoms with Crippen molar-refractivity contribution >= 4 is 11.3 Å². The Kier molecular flexibility index (Phi) is 5.58. The van der Waals surface area contributed by atoms with Crippen molar-refractivity contribution in [3.8, 4) is 10.4 Å². The van der Waals surface area contributed by atoms with Crippen molar-refractivity contribution in [3.63, 3.8) is 0 Å². The maximum Gasteiger partial charge on any atom is 0.0346 e. The van der Waals surface area contributed by atoms with Gasteiger partial charge in [-0.2, -0.15) is 0 Å². The van der Waals surface area contributed by atoms with Crippen LogP contribution in [0.1, 0.15) is 11.3 Å². The molecule has 0 unspecified atom stereocenters. The van der Waals surface area contributed by atoms with E-state index in [4.69, 9.17) is 0 Å². The average Bonchev–Trinajstić information content (AvgIpc) is 2.88. The van der Waals surface area contributed by atoms with Crippen LogP contribution in [-0.2, 0) is 6.54 Å². The number of thiophene rings is 1. The van der Waals surface area contributed by atoms with Gasteiger partial charge in [-0.05, 0) is 51.3 Å². The van der Waals surface area contributed by atoms with Gasteiger partial charge in [0, 0.05) is 16.3 Å². The first kappa shape index (κ1) is 14.3. The van der Waals surface area contributed by atoms with E-state index in [1.54, 1.807) is 0 Å². The van der Waals surface area contributed by atoms with Crippen molar-refractivity contribution in [3.05, 3.63) is 47.3 Å². The average molecular weight is 274 g/mol. The SMILES string of the molecule is CN(C)CCCNCc1ccc(-c2ccccc2)s1. The fourth-order valence-electron chi connectivity index (χ4n) is 1.96. The number of hydrogen-bond donors (Lipinski definition) is 1. The van der Waals surface area contributed by atoms with Gasteiger partial charge in [-0.1, -0.05) is 30.3 Å². The van der Waals surface area contributed by atoms with E-state index in [2.05, 4.69) is 66.8 Å². The maximum absolute atomic E-state index is 3.51. The molecule has 0 saturated heterocycles. The summed E-state index contributed by atoms with van der Waals surface area (Å²) in [6, 6.07) is 15.0. The molecule has 0 atom stereocenters. The molecule has 2 nitrogen and oxygen atoms in total. The minimum absolute atomic E-state index is 0.977. The van der Waals surface area contributed by atoms with Crippen molar-refractivity contribution in [2.45, 2.75) is 13.0 Å². The van der Waals surface area contributed by atoms with Gasteiger partial charge < -0.3 is 10.2 Å². The third-order valence-corrected chi connectivity index (χ3v) is 4.11. The highest BCUT2D eigenvalue weighted by atomic mass is 32.1. The van der Waals surface area contributed by atoms with Gasteiger partial charge in [-0.25, -0.2) is 0 Å². The van der Waals surface area contributed by atoms with Gasteiger partial charge in [0.15, 0.2) is 0 Å². The summed E-state index contributed by atoms with van der Waals surface area (Å²) < 4.78 is 0. The Morgan fingerprint density at radius 2 is 1.84 bits per heavy atom. The Bertz CT molecular complexity index is 477.